The molecule has 0 aromatic carbocycles. The van der Waals surface area contributed by atoms with Crippen molar-refractivity contribution in [3.05, 3.63) is 27.7 Å². The van der Waals surface area contributed by atoms with Crippen LogP contribution in [0.1, 0.15) is 19.5 Å². The first-order valence-corrected chi connectivity index (χ1v) is 7.21. The third kappa shape index (κ3) is 3.04. The summed E-state index contributed by atoms with van der Waals surface area (Å²) < 4.78 is 1.10. The number of halogens is 1. The number of aryl methyl sites for hydroxylation is 1. The van der Waals surface area contributed by atoms with E-state index in [0.29, 0.717) is 0 Å². The number of hydrogen-bond acceptors (Lipinski definition) is 4. The summed E-state index contributed by atoms with van der Waals surface area (Å²) in [5.74, 6) is 1.70. The van der Waals surface area contributed by atoms with Crippen LogP contribution in [0.3, 0.4) is 0 Å². The van der Waals surface area contributed by atoms with Crippen LogP contribution in [0.2, 0.25) is 0 Å². The molecule has 2 aromatic rings. The van der Waals surface area contributed by atoms with E-state index in [4.69, 9.17) is 0 Å². The van der Waals surface area contributed by atoms with Crippen LogP contribution in [0, 0.1) is 0 Å². The van der Waals surface area contributed by atoms with Gasteiger partial charge < -0.3 is 5.32 Å². The van der Waals surface area contributed by atoms with Crippen molar-refractivity contribution in [2.24, 2.45) is 0 Å². The van der Waals surface area contributed by atoms with Crippen molar-refractivity contribution >= 4 is 33.1 Å². The number of thiophene rings is 1. The number of aromatic nitrogens is 2. The van der Waals surface area contributed by atoms with Crippen molar-refractivity contribution in [3.63, 3.8) is 0 Å². The van der Waals surface area contributed by atoms with Crippen molar-refractivity contribution < 1.29 is 0 Å². The van der Waals surface area contributed by atoms with Gasteiger partial charge in [-0.2, -0.15) is 0 Å². The quantitative estimate of drug-likeness (QED) is 0.928. The Morgan fingerprint density at radius 3 is 2.71 bits per heavy atom. The minimum absolute atomic E-state index is 0.802. The molecule has 0 aliphatic heterocycles. The van der Waals surface area contributed by atoms with Gasteiger partial charge in [-0.25, -0.2) is 9.97 Å². The fraction of sp³-hybridized carbons (Fsp3) is 0.333. The third-order valence-electron chi connectivity index (χ3n) is 2.29. The topological polar surface area (TPSA) is 37.8 Å². The van der Waals surface area contributed by atoms with Crippen LogP contribution >= 0.6 is 27.3 Å². The van der Waals surface area contributed by atoms with Crippen LogP contribution in [0.15, 0.2) is 22.0 Å². The number of nitrogens with zero attached hydrogens (tertiary/aromatic N) is 2. The van der Waals surface area contributed by atoms with Gasteiger partial charge in [0.15, 0.2) is 5.82 Å². The summed E-state index contributed by atoms with van der Waals surface area (Å²) in [6.07, 6.45) is 0.917. The first-order chi connectivity index (χ1) is 8.22. The minimum Gasteiger partial charge on any atom is -0.370 e. The summed E-state index contributed by atoms with van der Waals surface area (Å²) in [4.78, 5) is 10.2. The molecule has 0 saturated carbocycles. The zero-order chi connectivity index (χ0) is 12.3. The van der Waals surface area contributed by atoms with Crippen LogP contribution in [-0.2, 0) is 6.42 Å². The van der Waals surface area contributed by atoms with E-state index in [-0.39, 0.29) is 0 Å². The second kappa shape index (κ2) is 5.60. The Bertz CT molecular complexity index is 510. The molecule has 0 aliphatic rings. The maximum atomic E-state index is 4.56. The molecule has 3 nitrogen and oxygen atoms in total. The Kier molecular flexibility index (Phi) is 4.12. The van der Waals surface area contributed by atoms with Gasteiger partial charge in [0.25, 0.3) is 0 Å². The van der Waals surface area contributed by atoms with E-state index in [0.717, 1.165) is 39.0 Å². The fourth-order valence-corrected chi connectivity index (χ4v) is 2.82. The Balaban J connectivity index is 2.42. The van der Waals surface area contributed by atoms with E-state index in [1.165, 1.54) is 0 Å². The molecule has 1 N–H and O–H groups in total. The van der Waals surface area contributed by atoms with E-state index in [1.807, 2.05) is 18.2 Å². The van der Waals surface area contributed by atoms with Gasteiger partial charge in [-0.05, 0) is 41.4 Å². The molecule has 0 spiro atoms. The third-order valence-corrected chi connectivity index (χ3v) is 3.91. The summed E-state index contributed by atoms with van der Waals surface area (Å²) in [6.45, 7) is 5.04. The molecule has 90 valence electrons. The maximum absolute atomic E-state index is 4.56. The highest BCUT2D eigenvalue weighted by atomic mass is 79.9. The maximum Gasteiger partial charge on any atom is 0.171 e. The van der Waals surface area contributed by atoms with Gasteiger partial charge in [0.1, 0.15) is 5.82 Å². The molecule has 2 rings (SSSR count). The molecule has 5 heteroatoms. The predicted octanol–water partition coefficient (Wildman–Crippen LogP) is 3.96. The second-order valence-electron chi connectivity index (χ2n) is 3.56. The van der Waals surface area contributed by atoms with E-state index < -0.39 is 0 Å². The summed E-state index contributed by atoms with van der Waals surface area (Å²) >= 11 is 5.11. The molecule has 0 radical (unpaired) electrons. The first kappa shape index (κ1) is 12.5. The Morgan fingerprint density at radius 2 is 2.12 bits per heavy atom. The Morgan fingerprint density at radius 1 is 1.29 bits per heavy atom. The first-order valence-electron chi connectivity index (χ1n) is 5.60. The molecule has 0 aliphatic carbocycles. The van der Waals surface area contributed by atoms with E-state index in [1.54, 1.807) is 11.3 Å². The lowest BCUT2D eigenvalue weighted by Crippen LogP contribution is -2.03. The summed E-state index contributed by atoms with van der Waals surface area (Å²) in [7, 11) is 0. The molecule has 0 unspecified atom stereocenters. The van der Waals surface area contributed by atoms with Crippen molar-refractivity contribution in [2.45, 2.75) is 20.3 Å². The molecular weight excluding hydrogens is 298 g/mol. The lowest BCUT2D eigenvalue weighted by atomic mass is 10.3. The molecule has 0 atom stereocenters. The second-order valence-corrected chi connectivity index (χ2v) is 6.02. The van der Waals surface area contributed by atoms with Gasteiger partial charge in [-0.3, -0.25) is 0 Å². The van der Waals surface area contributed by atoms with Gasteiger partial charge in [0.05, 0.1) is 8.66 Å². The van der Waals surface area contributed by atoms with E-state index in [9.17, 15) is 0 Å². The molecule has 17 heavy (non-hydrogen) atoms. The fourth-order valence-electron chi connectivity index (χ4n) is 1.49. The largest absolute Gasteiger partial charge is 0.370 e. The predicted molar refractivity (Wildman–Crippen MR) is 76.6 cm³/mol. The molecule has 0 bridgehead atoms. The van der Waals surface area contributed by atoms with Gasteiger partial charge in [-0.1, -0.05) is 6.92 Å². The Hall–Kier alpha value is -0.940. The highest BCUT2D eigenvalue weighted by molar-refractivity contribution is 9.11. The van der Waals surface area contributed by atoms with E-state index in [2.05, 4.69) is 45.1 Å². The smallest absolute Gasteiger partial charge is 0.171 e. The highest BCUT2D eigenvalue weighted by Crippen LogP contribution is 2.29. The van der Waals surface area contributed by atoms with Crippen LogP contribution in [0.25, 0.3) is 10.7 Å². The average molecular weight is 312 g/mol. The van der Waals surface area contributed by atoms with Gasteiger partial charge in [0, 0.05) is 18.3 Å². The van der Waals surface area contributed by atoms with Crippen LogP contribution < -0.4 is 5.32 Å². The van der Waals surface area contributed by atoms with Gasteiger partial charge in [-0.15, -0.1) is 11.3 Å². The molecule has 2 heterocycles. The van der Waals surface area contributed by atoms with Crippen LogP contribution in [0.5, 0.6) is 0 Å². The summed E-state index contributed by atoms with van der Waals surface area (Å²) in [5, 5.41) is 3.24. The van der Waals surface area contributed by atoms with Gasteiger partial charge >= 0.3 is 0 Å². The van der Waals surface area contributed by atoms with Crippen molar-refractivity contribution in [1.82, 2.24) is 9.97 Å². The Labute approximate surface area is 113 Å². The number of hydrogen-bond donors (Lipinski definition) is 1. The molecule has 0 fully saturated rings. The minimum atomic E-state index is 0.802. The average Bonchev–Trinajstić information content (AvgIpc) is 2.76. The standard InChI is InChI=1S/C12H14BrN3S/c1-3-8-7-11(14-4-2)16-12(15-8)9-5-6-10(13)17-9/h5-7H,3-4H2,1-2H3,(H,14,15,16). The molecular formula is C12H14BrN3S. The molecule has 0 amide bonds. The normalized spacial score (nSPS) is 10.5. The zero-order valence-corrected chi connectivity index (χ0v) is 12.2. The van der Waals surface area contributed by atoms with Crippen molar-refractivity contribution in [3.8, 4) is 10.7 Å². The number of anilines is 1. The lowest BCUT2D eigenvalue weighted by Gasteiger charge is -2.06. The lowest BCUT2D eigenvalue weighted by molar-refractivity contribution is 1.00. The monoisotopic (exact) mass is 311 g/mol. The number of rotatable bonds is 4. The molecule has 2 aromatic heterocycles. The molecule has 0 saturated heterocycles. The SMILES string of the molecule is CCNc1cc(CC)nc(-c2ccc(Br)s2)n1. The van der Waals surface area contributed by atoms with Crippen molar-refractivity contribution in [1.29, 1.82) is 0 Å². The number of nitrogens with one attached hydrogen (secondary N) is 1. The summed E-state index contributed by atoms with van der Waals surface area (Å²) in [6, 6.07) is 6.07. The van der Waals surface area contributed by atoms with Crippen LogP contribution in [0.4, 0.5) is 5.82 Å². The zero-order valence-electron chi connectivity index (χ0n) is 9.83. The van der Waals surface area contributed by atoms with E-state index >= 15 is 0 Å². The van der Waals surface area contributed by atoms with Crippen molar-refractivity contribution in [2.75, 3.05) is 11.9 Å². The highest BCUT2D eigenvalue weighted by Gasteiger charge is 2.08. The van der Waals surface area contributed by atoms with Crippen LogP contribution in [-0.4, -0.2) is 16.5 Å². The van der Waals surface area contributed by atoms with Gasteiger partial charge in [0.2, 0.25) is 0 Å². The summed E-state index contributed by atoms with van der Waals surface area (Å²) in [5.41, 5.74) is 1.07.